The third kappa shape index (κ3) is 3.81. The normalized spacial score (nSPS) is 11.9. The Morgan fingerprint density at radius 1 is 0.786 bits per heavy atom. The smallest absolute Gasteiger partial charge is 0.124 e. The van der Waals surface area contributed by atoms with Crippen molar-refractivity contribution in [2.24, 2.45) is 0 Å². The van der Waals surface area contributed by atoms with Gasteiger partial charge in [-0.15, -0.1) is 0 Å². The van der Waals surface area contributed by atoms with Gasteiger partial charge < -0.3 is 11.5 Å². The summed E-state index contributed by atoms with van der Waals surface area (Å²) in [5, 5.41) is 0. The number of nitrogens with zero attached hydrogens (tertiary/aromatic N) is 4. The number of nitrogens with two attached hydrogens (primary N) is 2. The van der Waals surface area contributed by atoms with Crippen molar-refractivity contribution >= 4 is 11.6 Å². The van der Waals surface area contributed by atoms with Gasteiger partial charge in [-0.05, 0) is 47.5 Å². The van der Waals surface area contributed by atoms with Crippen molar-refractivity contribution in [1.82, 2.24) is 19.9 Å². The van der Waals surface area contributed by atoms with Crippen LogP contribution in [-0.2, 0) is 6.42 Å². The largest absolute Gasteiger partial charge is 0.384 e. The highest BCUT2D eigenvalue weighted by atomic mass is 14.9. The molecule has 6 nitrogen and oxygen atoms in total. The van der Waals surface area contributed by atoms with Crippen molar-refractivity contribution in [3.8, 4) is 11.4 Å². The predicted molar refractivity (Wildman–Crippen MR) is 110 cm³/mol. The Kier molecular flexibility index (Phi) is 4.93. The Hall–Kier alpha value is -3.80. The number of anilines is 2. The summed E-state index contributed by atoms with van der Waals surface area (Å²) in [7, 11) is 0. The van der Waals surface area contributed by atoms with E-state index in [0.29, 0.717) is 18.1 Å². The predicted octanol–water partition coefficient (Wildman–Crippen LogP) is 3.47. The standard InChI is InChI=1S/C22H20N6/c23-20-9-1-6-16(27-20)13-18(15-5-3-11-25-14-15)17-7-4-12-26-22(17)19-8-2-10-21(24)28-19/h1-12,14,18H,13H2,(H2,23,27)(H2,24,28). The molecule has 0 aliphatic carbocycles. The molecule has 4 N–H and O–H groups in total. The van der Waals surface area contributed by atoms with Crippen molar-refractivity contribution in [1.29, 1.82) is 0 Å². The number of aromatic nitrogens is 4. The molecule has 4 aromatic heterocycles. The van der Waals surface area contributed by atoms with Crippen LogP contribution in [0.5, 0.6) is 0 Å². The zero-order chi connectivity index (χ0) is 19.3. The van der Waals surface area contributed by atoms with E-state index in [1.807, 2.05) is 42.6 Å². The average Bonchev–Trinajstić information content (AvgIpc) is 2.73. The van der Waals surface area contributed by atoms with E-state index in [9.17, 15) is 0 Å². The fourth-order valence-electron chi connectivity index (χ4n) is 3.31. The Bertz CT molecular complexity index is 1080. The molecular weight excluding hydrogens is 348 g/mol. The molecule has 0 bridgehead atoms. The van der Waals surface area contributed by atoms with Gasteiger partial charge in [-0.2, -0.15) is 0 Å². The molecule has 0 aliphatic heterocycles. The van der Waals surface area contributed by atoms with Crippen LogP contribution in [0.1, 0.15) is 22.7 Å². The van der Waals surface area contributed by atoms with Gasteiger partial charge in [0.2, 0.25) is 0 Å². The second-order valence-electron chi connectivity index (χ2n) is 6.49. The molecule has 28 heavy (non-hydrogen) atoms. The summed E-state index contributed by atoms with van der Waals surface area (Å²) >= 11 is 0. The van der Waals surface area contributed by atoms with Crippen molar-refractivity contribution in [2.45, 2.75) is 12.3 Å². The van der Waals surface area contributed by atoms with Crippen LogP contribution in [-0.4, -0.2) is 19.9 Å². The van der Waals surface area contributed by atoms with E-state index >= 15 is 0 Å². The molecule has 0 saturated heterocycles. The molecule has 4 aromatic rings. The molecule has 6 heteroatoms. The van der Waals surface area contributed by atoms with Crippen LogP contribution in [0.4, 0.5) is 11.6 Å². The summed E-state index contributed by atoms with van der Waals surface area (Å²) in [4.78, 5) is 17.9. The molecule has 1 atom stereocenters. The zero-order valence-corrected chi connectivity index (χ0v) is 15.2. The van der Waals surface area contributed by atoms with E-state index in [1.54, 1.807) is 24.5 Å². The van der Waals surface area contributed by atoms with Gasteiger partial charge in [0, 0.05) is 36.6 Å². The molecule has 4 rings (SSSR count). The monoisotopic (exact) mass is 368 g/mol. The minimum Gasteiger partial charge on any atom is -0.384 e. The third-order valence-electron chi connectivity index (χ3n) is 4.56. The van der Waals surface area contributed by atoms with Crippen LogP contribution in [0.25, 0.3) is 11.4 Å². The quantitative estimate of drug-likeness (QED) is 0.559. The minimum absolute atomic E-state index is 0.00469. The molecule has 0 aromatic carbocycles. The van der Waals surface area contributed by atoms with Crippen molar-refractivity contribution < 1.29 is 0 Å². The Balaban J connectivity index is 1.84. The summed E-state index contributed by atoms with van der Waals surface area (Å²) < 4.78 is 0. The van der Waals surface area contributed by atoms with Gasteiger partial charge in [0.05, 0.1) is 11.4 Å². The molecule has 0 spiro atoms. The topological polar surface area (TPSA) is 104 Å². The van der Waals surface area contributed by atoms with E-state index in [0.717, 1.165) is 28.2 Å². The van der Waals surface area contributed by atoms with Gasteiger partial charge in [-0.1, -0.05) is 24.3 Å². The summed E-state index contributed by atoms with van der Waals surface area (Å²) in [5.74, 6) is 0.964. The van der Waals surface area contributed by atoms with Crippen LogP contribution < -0.4 is 11.5 Å². The molecule has 0 radical (unpaired) electrons. The molecule has 0 saturated carbocycles. The van der Waals surface area contributed by atoms with E-state index in [-0.39, 0.29) is 5.92 Å². The van der Waals surface area contributed by atoms with Crippen LogP contribution in [0, 0.1) is 0 Å². The lowest BCUT2D eigenvalue weighted by molar-refractivity contribution is 0.776. The maximum absolute atomic E-state index is 5.90. The first-order valence-electron chi connectivity index (χ1n) is 9.00. The maximum atomic E-state index is 5.90. The first-order valence-corrected chi connectivity index (χ1v) is 9.00. The number of nitrogen functional groups attached to an aromatic ring is 2. The van der Waals surface area contributed by atoms with Gasteiger partial charge >= 0.3 is 0 Å². The number of hydrogen-bond donors (Lipinski definition) is 2. The third-order valence-corrected chi connectivity index (χ3v) is 4.56. The molecule has 138 valence electrons. The number of hydrogen-bond acceptors (Lipinski definition) is 6. The Morgan fingerprint density at radius 3 is 2.32 bits per heavy atom. The number of rotatable bonds is 5. The van der Waals surface area contributed by atoms with Crippen LogP contribution >= 0.6 is 0 Å². The molecule has 1 unspecified atom stereocenters. The Morgan fingerprint density at radius 2 is 1.57 bits per heavy atom. The van der Waals surface area contributed by atoms with E-state index in [2.05, 4.69) is 32.1 Å². The van der Waals surface area contributed by atoms with Gasteiger partial charge in [0.25, 0.3) is 0 Å². The maximum Gasteiger partial charge on any atom is 0.124 e. The molecular formula is C22H20N6. The fraction of sp³-hybridized carbons (Fsp3) is 0.0909. The lowest BCUT2D eigenvalue weighted by Crippen LogP contribution is -2.10. The van der Waals surface area contributed by atoms with Crippen molar-refractivity contribution in [3.05, 3.63) is 96.1 Å². The van der Waals surface area contributed by atoms with Crippen LogP contribution in [0.3, 0.4) is 0 Å². The lowest BCUT2D eigenvalue weighted by Gasteiger charge is -2.20. The first kappa shape index (κ1) is 17.6. The molecule has 0 amide bonds. The average molecular weight is 368 g/mol. The first-order chi connectivity index (χ1) is 13.7. The summed E-state index contributed by atoms with van der Waals surface area (Å²) in [6.07, 6.45) is 6.07. The van der Waals surface area contributed by atoms with Crippen molar-refractivity contribution in [2.75, 3.05) is 11.5 Å². The van der Waals surface area contributed by atoms with Crippen molar-refractivity contribution in [3.63, 3.8) is 0 Å². The van der Waals surface area contributed by atoms with Gasteiger partial charge in [-0.25, -0.2) is 9.97 Å². The SMILES string of the molecule is Nc1cccc(CC(c2cccnc2)c2cccnc2-c2cccc(N)n2)n1. The zero-order valence-electron chi connectivity index (χ0n) is 15.2. The molecule has 4 heterocycles. The highest BCUT2D eigenvalue weighted by Gasteiger charge is 2.21. The van der Waals surface area contributed by atoms with Gasteiger partial charge in [-0.3, -0.25) is 9.97 Å². The number of pyridine rings is 4. The second kappa shape index (κ2) is 7.84. The fourth-order valence-corrected chi connectivity index (χ4v) is 3.31. The highest BCUT2D eigenvalue weighted by Crippen LogP contribution is 2.33. The summed E-state index contributed by atoms with van der Waals surface area (Å²) in [5.41, 5.74) is 16.3. The van der Waals surface area contributed by atoms with Crippen LogP contribution in [0.2, 0.25) is 0 Å². The minimum atomic E-state index is -0.00469. The lowest BCUT2D eigenvalue weighted by atomic mass is 9.86. The summed E-state index contributed by atoms with van der Waals surface area (Å²) in [6, 6.07) is 19.2. The Labute approximate surface area is 163 Å². The summed E-state index contributed by atoms with van der Waals surface area (Å²) in [6.45, 7) is 0. The highest BCUT2D eigenvalue weighted by molar-refractivity contribution is 5.62. The van der Waals surface area contributed by atoms with Gasteiger partial charge in [0.1, 0.15) is 11.6 Å². The second-order valence-corrected chi connectivity index (χ2v) is 6.49. The van der Waals surface area contributed by atoms with E-state index in [4.69, 9.17) is 11.5 Å². The molecule has 0 fully saturated rings. The van der Waals surface area contributed by atoms with Gasteiger partial charge in [0.15, 0.2) is 0 Å². The van der Waals surface area contributed by atoms with E-state index in [1.165, 1.54) is 0 Å². The molecule has 0 aliphatic rings. The van der Waals surface area contributed by atoms with Crippen LogP contribution in [0.15, 0.2) is 79.3 Å². The van der Waals surface area contributed by atoms with E-state index < -0.39 is 0 Å².